The van der Waals surface area contributed by atoms with Crippen molar-refractivity contribution in [1.82, 2.24) is 0 Å². The Morgan fingerprint density at radius 2 is 1.56 bits per heavy atom. The molecule has 2 amide bonds. The second kappa shape index (κ2) is 9.27. The minimum atomic E-state index is -0.472. The average Bonchev–Trinajstić information content (AvgIpc) is 2.81. The van der Waals surface area contributed by atoms with Gasteiger partial charge in [0.15, 0.2) is 0 Å². The van der Waals surface area contributed by atoms with Crippen LogP contribution in [0.1, 0.15) is 35.6 Å². The molecule has 0 aromatic heterocycles. The van der Waals surface area contributed by atoms with Gasteiger partial charge in [0.05, 0.1) is 19.1 Å². The van der Waals surface area contributed by atoms with Crippen LogP contribution in [0.4, 0.5) is 11.4 Å². The van der Waals surface area contributed by atoms with Gasteiger partial charge in [-0.1, -0.05) is 53.6 Å². The number of nitrogens with zero attached hydrogens (tertiary/aromatic N) is 1. The molecular formula is C27H28N2O3. The summed E-state index contributed by atoms with van der Waals surface area (Å²) in [5.41, 5.74) is 4.60. The molecule has 1 fully saturated rings. The van der Waals surface area contributed by atoms with E-state index >= 15 is 0 Å². The van der Waals surface area contributed by atoms with Crippen molar-refractivity contribution in [2.24, 2.45) is 5.92 Å². The number of nitrogens with one attached hydrogen (secondary N) is 1. The van der Waals surface area contributed by atoms with Gasteiger partial charge < -0.3 is 15.0 Å². The molecule has 1 aliphatic rings. The lowest BCUT2D eigenvalue weighted by Gasteiger charge is -2.41. The molecule has 5 heteroatoms. The molecule has 0 radical (unpaired) electrons. The lowest BCUT2D eigenvalue weighted by Crippen LogP contribution is -2.47. The summed E-state index contributed by atoms with van der Waals surface area (Å²) in [4.78, 5) is 28.4. The van der Waals surface area contributed by atoms with E-state index in [1.54, 1.807) is 12.0 Å². The number of carbonyl (C=O) groups is 2. The molecule has 1 saturated heterocycles. The predicted molar refractivity (Wildman–Crippen MR) is 127 cm³/mol. The number of anilines is 2. The summed E-state index contributed by atoms with van der Waals surface area (Å²) in [6, 6.07) is 22.7. The van der Waals surface area contributed by atoms with Crippen LogP contribution in [-0.2, 0) is 9.59 Å². The van der Waals surface area contributed by atoms with Gasteiger partial charge in [0.1, 0.15) is 5.75 Å². The quantitative estimate of drug-likeness (QED) is 0.589. The van der Waals surface area contributed by atoms with Crippen LogP contribution >= 0.6 is 0 Å². The zero-order valence-electron chi connectivity index (χ0n) is 18.7. The Labute approximate surface area is 189 Å². The van der Waals surface area contributed by atoms with Gasteiger partial charge in [-0.15, -0.1) is 0 Å². The lowest BCUT2D eigenvalue weighted by atomic mass is 9.82. The number of aryl methyl sites for hydroxylation is 2. The van der Waals surface area contributed by atoms with Gasteiger partial charge in [-0.05, 0) is 50.6 Å². The van der Waals surface area contributed by atoms with Gasteiger partial charge in [0.2, 0.25) is 11.8 Å². The van der Waals surface area contributed by atoms with E-state index in [1.165, 1.54) is 0 Å². The smallest absolute Gasteiger partial charge is 0.229 e. The highest BCUT2D eigenvalue weighted by Crippen LogP contribution is 2.43. The highest BCUT2D eigenvalue weighted by atomic mass is 16.5. The summed E-state index contributed by atoms with van der Waals surface area (Å²) in [5.74, 6) is 0.141. The Morgan fingerprint density at radius 3 is 2.22 bits per heavy atom. The molecular weight excluding hydrogens is 400 g/mol. The molecule has 32 heavy (non-hydrogen) atoms. The van der Waals surface area contributed by atoms with Crippen molar-refractivity contribution in [1.29, 1.82) is 0 Å². The number of carbonyl (C=O) groups excluding carboxylic acids is 2. The largest absolute Gasteiger partial charge is 0.496 e. The number of methoxy groups -OCH3 is 1. The third kappa shape index (κ3) is 4.37. The molecule has 1 heterocycles. The zero-order valence-corrected chi connectivity index (χ0v) is 18.7. The number of hydrogen-bond acceptors (Lipinski definition) is 3. The molecule has 4 rings (SSSR count). The molecule has 5 nitrogen and oxygen atoms in total. The maximum absolute atomic E-state index is 13.5. The topological polar surface area (TPSA) is 58.6 Å². The number of para-hydroxylation sites is 1. The molecule has 3 aromatic rings. The Balaban J connectivity index is 1.77. The summed E-state index contributed by atoms with van der Waals surface area (Å²) in [6.07, 6.45) is 0.785. The molecule has 1 N–H and O–H groups in total. The first-order chi connectivity index (χ1) is 15.5. The van der Waals surface area contributed by atoms with E-state index in [9.17, 15) is 9.59 Å². The fraction of sp³-hybridized carbons (Fsp3) is 0.259. The van der Waals surface area contributed by atoms with Gasteiger partial charge >= 0.3 is 0 Å². The molecule has 0 spiro atoms. The van der Waals surface area contributed by atoms with E-state index < -0.39 is 12.0 Å². The lowest BCUT2D eigenvalue weighted by molar-refractivity contribution is -0.125. The van der Waals surface area contributed by atoms with Gasteiger partial charge in [0.25, 0.3) is 0 Å². The number of benzene rings is 3. The first-order valence-electron chi connectivity index (χ1n) is 10.9. The average molecular weight is 429 g/mol. The van der Waals surface area contributed by atoms with Gasteiger partial charge in [-0.3, -0.25) is 9.59 Å². The van der Waals surface area contributed by atoms with Crippen LogP contribution in [0.5, 0.6) is 5.75 Å². The monoisotopic (exact) mass is 428 g/mol. The van der Waals surface area contributed by atoms with E-state index in [0.717, 1.165) is 28.1 Å². The number of hydrogen-bond donors (Lipinski definition) is 1. The normalized spacial score (nSPS) is 18.3. The summed E-state index contributed by atoms with van der Waals surface area (Å²) < 4.78 is 5.63. The number of ether oxygens (including phenoxy) is 1. The van der Waals surface area contributed by atoms with Crippen molar-refractivity contribution >= 4 is 23.2 Å². The molecule has 0 bridgehead atoms. The fourth-order valence-corrected chi connectivity index (χ4v) is 4.32. The summed E-state index contributed by atoms with van der Waals surface area (Å²) in [5, 5.41) is 3.05. The van der Waals surface area contributed by atoms with Gasteiger partial charge in [-0.25, -0.2) is 0 Å². The van der Waals surface area contributed by atoms with Crippen LogP contribution in [-0.4, -0.2) is 18.9 Å². The van der Waals surface area contributed by atoms with Crippen LogP contribution in [0.2, 0.25) is 0 Å². The van der Waals surface area contributed by atoms with Crippen molar-refractivity contribution in [3.05, 3.63) is 89.5 Å². The standard InChI is InChI=1S/C27H28N2O3/c1-18-8-12-20(13-9-18)28-27(31)23-16-17-25(30)29(21-14-10-19(2)11-15-21)26(23)22-6-4-5-7-24(22)32-3/h4-15,23,26H,16-17H2,1-3H3,(H,28,31)/t23-,26+/m0/s1. The predicted octanol–water partition coefficient (Wildman–Crippen LogP) is 5.44. The number of rotatable bonds is 5. The van der Waals surface area contributed by atoms with Crippen molar-refractivity contribution < 1.29 is 14.3 Å². The second-order valence-corrected chi connectivity index (χ2v) is 8.29. The molecule has 0 unspecified atom stereocenters. The van der Waals surface area contributed by atoms with E-state index in [2.05, 4.69) is 5.32 Å². The Bertz CT molecular complexity index is 1110. The van der Waals surface area contributed by atoms with Crippen molar-refractivity contribution in [3.8, 4) is 5.75 Å². The van der Waals surface area contributed by atoms with E-state index in [1.807, 2.05) is 86.6 Å². The molecule has 1 aliphatic heterocycles. The fourth-order valence-electron chi connectivity index (χ4n) is 4.32. The SMILES string of the molecule is COc1ccccc1[C@@H]1[C@@H](C(=O)Nc2ccc(C)cc2)CCC(=O)N1c1ccc(C)cc1. The number of amides is 2. The van der Waals surface area contributed by atoms with Crippen molar-refractivity contribution in [2.45, 2.75) is 32.7 Å². The van der Waals surface area contributed by atoms with Crippen molar-refractivity contribution in [2.75, 3.05) is 17.3 Å². The minimum Gasteiger partial charge on any atom is -0.496 e. The Hall–Kier alpha value is -3.60. The third-order valence-corrected chi connectivity index (χ3v) is 6.02. The van der Waals surface area contributed by atoms with E-state index in [0.29, 0.717) is 18.6 Å². The molecule has 164 valence electrons. The molecule has 0 aliphatic carbocycles. The van der Waals surface area contributed by atoms with Gasteiger partial charge in [0, 0.05) is 23.4 Å². The highest BCUT2D eigenvalue weighted by molar-refractivity contribution is 6.00. The van der Waals surface area contributed by atoms with Crippen LogP contribution in [0, 0.1) is 19.8 Å². The van der Waals surface area contributed by atoms with Gasteiger partial charge in [-0.2, -0.15) is 0 Å². The Morgan fingerprint density at radius 1 is 0.938 bits per heavy atom. The second-order valence-electron chi connectivity index (χ2n) is 8.29. The first kappa shape index (κ1) is 21.6. The highest BCUT2D eigenvalue weighted by Gasteiger charge is 2.42. The summed E-state index contributed by atoms with van der Waals surface area (Å²) in [6.45, 7) is 4.02. The first-order valence-corrected chi connectivity index (χ1v) is 10.9. The maximum atomic E-state index is 13.5. The molecule has 2 atom stereocenters. The summed E-state index contributed by atoms with van der Waals surface area (Å²) in [7, 11) is 1.61. The third-order valence-electron chi connectivity index (χ3n) is 6.02. The van der Waals surface area contributed by atoms with E-state index in [4.69, 9.17) is 4.74 Å². The minimum absolute atomic E-state index is 0.00384. The zero-order chi connectivity index (χ0) is 22.7. The summed E-state index contributed by atoms with van der Waals surface area (Å²) >= 11 is 0. The van der Waals surface area contributed by atoms with E-state index in [-0.39, 0.29) is 11.8 Å². The van der Waals surface area contributed by atoms with Crippen molar-refractivity contribution in [3.63, 3.8) is 0 Å². The van der Waals surface area contributed by atoms with Crippen LogP contribution < -0.4 is 15.0 Å². The molecule has 3 aromatic carbocycles. The van der Waals surface area contributed by atoms with Crippen LogP contribution in [0.3, 0.4) is 0 Å². The Kier molecular flexibility index (Phi) is 6.26. The van der Waals surface area contributed by atoms with Crippen LogP contribution in [0.15, 0.2) is 72.8 Å². The molecule has 0 saturated carbocycles. The maximum Gasteiger partial charge on any atom is 0.229 e. The van der Waals surface area contributed by atoms with Crippen LogP contribution in [0.25, 0.3) is 0 Å². The number of piperidine rings is 1.